The van der Waals surface area contributed by atoms with Gasteiger partial charge in [0, 0.05) is 0 Å². The molecule has 0 aromatic carbocycles. The van der Waals surface area contributed by atoms with Crippen LogP contribution in [0.2, 0.25) is 0 Å². The first-order valence-corrected chi connectivity index (χ1v) is 7.11. The third-order valence-corrected chi connectivity index (χ3v) is 4.84. The number of likely N-dealkylation sites (tertiary alicyclic amines) is 1. The Balaban J connectivity index is 2.40. The molecule has 1 saturated heterocycles. The van der Waals surface area contributed by atoms with Gasteiger partial charge in [-0.3, -0.25) is 14.5 Å². The van der Waals surface area contributed by atoms with Crippen LogP contribution in [-0.4, -0.2) is 33.3 Å². The summed E-state index contributed by atoms with van der Waals surface area (Å²) in [5.74, 6) is -2.16. The van der Waals surface area contributed by atoms with Crippen LogP contribution in [0.1, 0.15) is 52.4 Å². The maximum absolute atomic E-state index is 12.5. The van der Waals surface area contributed by atoms with Gasteiger partial charge in [0.25, 0.3) is 0 Å². The molecule has 0 aromatic rings. The summed E-state index contributed by atoms with van der Waals surface area (Å²) in [6.45, 7) is 3.44. The lowest BCUT2D eigenvalue weighted by molar-refractivity contribution is -0.164. The van der Waals surface area contributed by atoms with Gasteiger partial charge in [0.05, 0.1) is 11.8 Å². The molecular weight excluding hydrogens is 246 g/mol. The highest BCUT2D eigenvalue weighted by molar-refractivity contribution is 6.08. The minimum Gasteiger partial charge on any atom is -0.479 e. The summed E-state index contributed by atoms with van der Waals surface area (Å²) in [6.07, 6.45) is 3.86. The third-order valence-electron chi connectivity index (χ3n) is 4.84. The van der Waals surface area contributed by atoms with Crippen molar-refractivity contribution in [2.24, 2.45) is 11.8 Å². The molecule has 1 saturated carbocycles. The van der Waals surface area contributed by atoms with Crippen LogP contribution in [0.5, 0.6) is 0 Å². The molecule has 1 heterocycles. The molecule has 0 radical (unpaired) electrons. The predicted molar refractivity (Wildman–Crippen MR) is 68.2 cm³/mol. The van der Waals surface area contributed by atoms with E-state index in [1.807, 2.05) is 0 Å². The van der Waals surface area contributed by atoms with E-state index in [-0.39, 0.29) is 36.5 Å². The maximum Gasteiger partial charge on any atom is 0.330 e. The molecule has 106 valence electrons. The Hall–Kier alpha value is -1.39. The van der Waals surface area contributed by atoms with Gasteiger partial charge in [0.15, 0.2) is 0 Å². The van der Waals surface area contributed by atoms with Gasteiger partial charge in [-0.2, -0.15) is 0 Å². The summed E-state index contributed by atoms with van der Waals surface area (Å²) in [5.41, 5.74) is -1.36. The number of imide groups is 1. The monoisotopic (exact) mass is 267 g/mol. The number of hydrogen-bond donors (Lipinski definition) is 1. The van der Waals surface area contributed by atoms with E-state index < -0.39 is 11.5 Å². The Kier molecular flexibility index (Phi) is 3.65. The molecule has 0 aromatic heterocycles. The maximum atomic E-state index is 12.5. The van der Waals surface area contributed by atoms with E-state index in [1.54, 1.807) is 13.8 Å². The SMILES string of the molecule is CCC(CC)(C(=O)O)N1C(=O)C2CCCCC2C1=O. The molecule has 2 rings (SSSR count). The molecule has 0 spiro atoms. The standard InChI is InChI=1S/C14H21NO4/c1-3-14(4-2,13(18)19)15-11(16)9-7-5-6-8-10(9)12(15)17/h9-10H,3-8H2,1-2H3,(H,18,19). The zero-order chi connectivity index (χ0) is 14.2. The fourth-order valence-electron chi connectivity index (χ4n) is 3.55. The van der Waals surface area contributed by atoms with Gasteiger partial charge in [-0.05, 0) is 25.7 Å². The van der Waals surface area contributed by atoms with Gasteiger partial charge in [-0.15, -0.1) is 0 Å². The van der Waals surface area contributed by atoms with Gasteiger partial charge < -0.3 is 5.11 Å². The first kappa shape index (κ1) is 14.0. The Labute approximate surface area is 113 Å². The predicted octanol–water partition coefficient (Wildman–Crippen LogP) is 1.80. The molecule has 1 N–H and O–H groups in total. The van der Waals surface area contributed by atoms with Crippen molar-refractivity contribution in [2.75, 3.05) is 0 Å². The molecule has 5 nitrogen and oxygen atoms in total. The number of carboxylic acid groups (broad SMARTS) is 1. The Morgan fingerprint density at radius 3 is 1.89 bits per heavy atom. The van der Waals surface area contributed by atoms with E-state index in [2.05, 4.69) is 0 Å². The van der Waals surface area contributed by atoms with Crippen molar-refractivity contribution in [1.29, 1.82) is 0 Å². The zero-order valence-corrected chi connectivity index (χ0v) is 11.5. The van der Waals surface area contributed by atoms with Gasteiger partial charge >= 0.3 is 5.97 Å². The molecule has 5 heteroatoms. The van der Waals surface area contributed by atoms with Crippen LogP contribution in [0.4, 0.5) is 0 Å². The smallest absolute Gasteiger partial charge is 0.330 e. The second-order valence-corrected chi connectivity index (χ2v) is 5.55. The molecule has 2 fully saturated rings. The Morgan fingerprint density at radius 2 is 1.58 bits per heavy atom. The van der Waals surface area contributed by atoms with Crippen molar-refractivity contribution in [2.45, 2.75) is 57.9 Å². The number of carbonyl (C=O) groups excluding carboxylic acids is 2. The van der Waals surface area contributed by atoms with E-state index in [4.69, 9.17) is 0 Å². The van der Waals surface area contributed by atoms with Crippen molar-refractivity contribution in [3.8, 4) is 0 Å². The number of nitrogens with zero attached hydrogens (tertiary/aromatic N) is 1. The zero-order valence-electron chi connectivity index (χ0n) is 11.5. The van der Waals surface area contributed by atoms with Crippen LogP contribution in [0, 0.1) is 11.8 Å². The quantitative estimate of drug-likeness (QED) is 0.788. The second kappa shape index (κ2) is 4.94. The molecule has 1 aliphatic heterocycles. The second-order valence-electron chi connectivity index (χ2n) is 5.55. The van der Waals surface area contributed by atoms with Crippen molar-refractivity contribution in [1.82, 2.24) is 4.90 Å². The van der Waals surface area contributed by atoms with E-state index in [0.717, 1.165) is 30.6 Å². The fraction of sp³-hybridized carbons (Fsp3) is 0.786. The normalized spacial score (nSPS) is 27.6. The average Bonchev–Trinajstić information content (AvgIpc) is 2.66. The van der Waals surface area contributed by atoms with Gasteiger partial charge in [0.2, 0.25) is 11.8 Å². The first-order chi connectivity index (χ1) is 8.99. The summed E-state index contributed by atoms with van der Waals surface area (Å²) in [6, 6.07) is 0. The molecular formula is C14H21NO4. The van der Waals surface area contributed by atoms with Crippen LogP contribution in [0.3, 0.4) is 0 Å². The van der Waals surface area contributed by atoms with Crippen LogP contribution < -0.4 is 0 Å². The Bertz CT molecular complexity index is 390. The van der Waals surface area contributed by atoms with Crippen molar-refractivity contribution < 1.29 is 19.5 Å². The summed E-state index contributed by atoms with van der Waals surface area (Å²) in [7, 11) is 0. The third kappa shape index (κ3) is 1.86. The number of rotatable bonds is 4. The number of carbonyl (C=O) groups is 3. The molecule has 1 aliphatic carbocycles. The number of carboxylic acids is 1. The lowest BCUT2D eigenvalue weighted by Gasteiger charge is -2.35. The fourth-order valence-corrected chi connectivity index (χ4v) is 3.55. The van der Waals surface area contributed by atoms with Crippen molar-refractivity contribution >= 4 is 17.8 Å². The summed E-state index contributed by atoms with van der Waals surface area (Å²) >= 11 is 0. The molecule has 2 atom stereocenters. The van der Waals surface area contributed by atoms with Gasteiger partial charge in [-0.25, -0.2) is 4.79 Å². The van der Waals surface area contributed by atoms with Crippen molar-refractivity contribution in [3.63, 3.8) is 0 Å². The topological polar surface area (TPSA) is 74.7 Å². The lowest BCUT2D eigenvalue weighted by atomic mass is 9.81. The number of aliphatic carboxylic acids is 1. The van der Waals surface area contributed by atoms with Crippen LogP contribution in [0.15, 0.2) is 0 Å². The largest absolute Gasteiger partial charge is 0.479 e. The van der Waals surface area contributed by atoms with E-state index in [1.165, 1.54) is 0 Å². The van der Waals surface area contributed by atoms with Crippen LogP contribution >= 0.6 is 0 Å². The molecule has 19 heavy (non-hydrogen) atoms. The number of amides is 2. The summed E-state index contributed by atoms with van der Waals surface area (Å²) in [5, 5.41) is 9.51. The minimum atomic E-state index is -1.36. The highest BCUT2D eigenvalue weighted by atomic mass is 16.4. The number of hydrogen-bond acceptors (Lipinski definition) is 3. The van der Waals surface area contributed by atoms with Gasteiger partial charge in [0.1, 0.15) is 5.54 Å². The van der Waals surface area contributed by atoms with E-state index >= 15 is 0 Å². The van der Waals surface area contributed by atoms with Crippen LogP contribution in [-0.2, 0) is 14.4 Å². The van der Waals surface area contributed by atoms with Gasteiger partial charge in [-0.1, -0.05) is 26.7 Å². The molecule has 0 bridgehead atoms. The van der Waals surface area contributed by atoms with Crippen molar-refractivity contribution in [3.05, 3.63) is 0 Å². The summed E-state index contributed by atoms with van der Waals surface area (Å²) in [4.78, 5) is 37.6. The minimum absolute atomic E-state index is 0.260. The first-order valence-electron chi connectivity index (χ1n) is 7.11. The van der Waals surface area contributed by atoms with E-state index in [0.29, 0.717) is 0 Å². The molecule has 2 amide bonds. The molecule has 2 unspecified atom stereocenters. The summed E-state index contributed by atoms with van der Waals surface area (Å²) < 4.78 is 0. The van der Waals surface area contributed by atoms with E-state index in [9.17, 15) is 19.5 Å². The molecule has 2 aliphatic rings. The Morgan fingerprint density at radius 1 is 1.16 bits per heavy atom. The number of fused-ring (bicyclic) bond motifs is 1. The lowest BCUT2D eigenvalue weighted by Crippen LogP contribution is -2.56. The van der Waals surface area contributed by atoms with Crippen LogP contribution in [0.25, 0.3) is 0 Å². The highest BCUT2D eigenvalue weighted by Crippen LogP contribution is 2.42. The average molecular weight is 267 g/mol. The highest BCUT2D eigenvalue weighted by Gasteiger charge is 2.57.